The number of carbonyl (C=O) groups is 1. The van der Waals surface area contributed by atoms with Crippen molar-refractivity contribution in [3.63, 3.8) is 0 Å². The molecule has 0 amide bonds. The van der Waals surface area contributed by atoms with Gasteiger partial charge in [-0.1, -0.05) is 0 Å². The first-order valence-electron chi connectivity index (χ1n) is 2.90. The Bertz CT molecular complexity index is 212. The summed E-state index contributed by atoms with van der Waals surface area (Å²) >= 11 is 1.38. The van der Waals surface area contributed by atoms with Gasteiger partial charge in [0.15, 0.2) is 5.69 Å². The zero-order valence-electron chi connectivity index (χ0n) is 5.94. The van der Waals surface area contributed by atoms with Gasteiger partial charge in [-0.15, -0.1) is 23.7 Å². The number of hydrogen-bond acceptors (Lipinski definition) is 4. The molecule has 1 heterocycles. The molecule has 3 nitrogen and oxygen atoms in total. The van der Waals surface area contributed by atoms with Crippen LogP contribution in [0.3, 0.4) is 0 Å². The van der Waals surface area contributed by atoms with E-state index in [1.807, 2.05) is 0 Å². The Morgan fingerprint density at radius 1 is 1.82 bits per heavy atom. The van der Waals surface area contributed by atoms with Gasteiger partial charge < -0.3 is 4.74 Å². The van der Waals surface area contributed by atoms with E-state index < -0.39 is 0 Å². The van der Waals surface area contributed by atoms with Crippen LogP contribution in [0.4, 0.5) is 0 Å². The summed E-state index contributed by atoms with van der Waals surface area (Å²) < 4.78 is 4.69. The molecule has 0 spiro atoms. The molecule has 0 aromatic carbocycles. The number of hydrogen-bond donors (Lipinski definition) is 0. The van der Waals surface area contributed by atoms with E-state index in [-0.39, 0.29) is 18.4 Å². The predicted octanol–water partition coefficient (Wildman–Crippen LogP) is 1.74. The van der Waals surface area contributed by atoms with Crippen LogP contribution in [0.5, 0.6) is 0 Å². The quantitative estimate of drug-likeness (QED) is 0.672. The highest BCUT2D eigenvalue weighted by Crippen LogP contribution is 2.01. The molecule has 0 radical (unpaired) electrons. The third-order valence-corrected chi connectivity index (χ3v) is 1.50. The summed E-state index contributed by atoms with van der Waals surface area (Å²) in [5, 5.41) is 1.66. The van der Waals surface area contributed by atoms with Crippen molar-refractivity contribution in [3.05, 3.63) is 16.6 Å². The molecular formula is C6H8ClNO2S. The van der Waals surface area contributed by atoms with Gasteiger partial charge in [0.2, 0.25) is 0 Å². The maximum atomic E-state index is 10.8. The minimum absolute atomic E-state index is 0. The third kappa shape index (κ3) is 2.86. The van der Waals surface area contributed by atoms with Crippen molar-refractivity contribution >= 4 is 29.7 Å². The lowest BCUT2D eigenvalue weighted by atomic mass is 10.5. The monoisotopic (exact) mass is 193 g/mol. The van der Waals surface area contributed by atoms with Gasteiger partial charge in [-0.2, -0.15) is 0 Å². The molecule has 0 N–H and O–H groups in total. The summed E-state index contributed by atoms with van der Waals surface area (Å²) in [6.45, 7) is 2.17. The number of thiazole rings is 1. The van der Waals surface area contributed by atoms with Gasteiger partial charge in [0.05, 0.1) is 12.1 Å². The van der Waals surface area contributed by atoms with Gasteiger partial charge in [0.1, 0.15) is 0 Å². The maximum absolute atomic E-state index is 10.8. The Labute approximate surface area is 74.8 Å². The Hall–Kier alpha value is -0.610. The van der Waals surface area contributed by atoms with Gasteiger partial charge in [-0.3, -0.25) is 0 Å². The number of nitrogens with zero attached hydrogens (tertiary/aromatic N) is 1. The van der Waals surface area contributed by atoms with Crippen molar-refractivity contribution in [1.82, 2.24) is 4.98 Å². The van der Waals surface area contributed by atoms with Gasteiger partial charge >= 0.3 is 5.97 Å². The van der Waals surface area contributed by atoms with E-state index in [0.717, 1.165) is 0 Å². The van der Waals surface area contributed by atoms with Crippen LogP contribution in [0.1, 0.15) is 17.4 Å². The van der Waals surface area contributed by atoms with E-state index in [9.17, 15) is 4.79 Å². The van der Waals surface area contributed by atoms with Gasteiger partial charge in [-0.05, 0) is 6.92 Å². The van der Waals surface area contributed by atoms with E-state index in [1.165, 1.54) is 11.3 Å². The molecule has 1 rings (SSSR count). The fourth-order valence-electron chi connectivity index (χ4n) is 0.518. The highest BCUT2D eigenvalue weighted by molar-refractivity contribution is 7.07. The Morgan fingerprint density at radius 2 is 2.55 bits per heavy atom. The van der Waals surface area contributed by atoms with E-state index in [0.29, 0.717) is 12.3 Å². The fourth-order valence-corrected chi connectivity index (χ4v) is 1.04. The summed E-state index contributed by atoms with van der Waals surface area (Å²) in [5.41, 5.74) is 2.00. The van der Waals surface area contributed by atoms with Crippen LogP contribution in [-0.2, 0) is 4.74 Å². The predicted molar refractivity (Wildman–Crippen MR) is 45.3 cm³/mol. The first kappa shape index (κ1) is 10.4. The van der Waals surface area contributed by atoms with Crippen LogP contribution < -0.4 is 0 Å². The summed E-state index contributed by atoms with van der Waals surface area (Å²) in [7, 11) is 0. The standard InChI is InChI=1S/C6H7NO2S.ClH/c1-2-9-6(8)5-3-10-4-7-5;/h3-4H,2H2,1H3;1H. The molecule has 0 saturated heterocycles. The molecular weight excluding hydrogens is 186 g/mol. The second kappa shape index (κ2) is 5.09. The Morgan fingerprint density at radius 3 is 3.00 bits per heavy atom. The van der Waals surface area contributed by atoms with Gasteiger partial charge in [0, 0.05) is 5.38 Å². The first-order chi connectivity index (χ1) is 4.84. The average Bonchev–Trinajstić information content (AvgIpc) is 2.38. The normalized spacial score (nSPS) is 8.45. The Kier molecular flexibility index (Phi) is 4.81. The number of halogens is 1. The van der Waals surface area contributed by atoms with Crippen LogP contribution in [-0.4, -0.2) is 17.6 Å². The third-order valence-electron chi connectivity index (χ3n) is 0.917. The van der Waals surface area contributed by atoms with Crippen molar-refractivity contribution in [3.8, 4) is 0 Å². The molecule has 1 aromatic rings. The van der Waals surface area contributed by atoms with E-state index >= 15 is 0 Å². The largest absolute Gasteiger partial charge is 0.461 e. The van der Waals surface area contributed by atoms with Crippen molar-refractivity contribution in [2.45, 2.75) is 6.92 Å². The van der Waals surface area contributed by atoms with Crippen LogP contribution >= 0.6 is 23.7 Å². The lowest BCUT2D eigenvalue weighted by Gasteiger charge is -1.94. The fraction of sp³-hybridized carbons (Fsp3) is 0.333. The van der Waals surface area contributed by atoms with E-state index in [4.69, 9.17) is 4.74 Å². The van der Waals surface area contributed by atoms with Gasteiger partial charge in [-0.25, -0.2) is 9.78 Å². The molecule has 0 aliphatic rings. The number of rotatable bonds is 2. The molecule has 5 heteroatoms. The SMILES string of the molecule is CCOC(=O)c1cscn1.Cl. The molecule has 0 fully saturated rings. The zero-order valence-corrected chi connectivity index (χ0v) is 7.58. The average molecular weight is 194 g/mol. The van der Waals surface area contributed by atoms with Crippen LogP contribution in [0, 0.1) is 0 Å². The van der Waals surface area contributed by atoms with E-state index in [2.05, 4.69) is 4.98 Å². The molecule has 0 atom stereocenters. The van der Waals surface area contributed by atoms with Crippen molar-refractivity contribution < 1.29 is 9.53 Å². The molecule has 0 aliphatic carbocycles. The van der Waals surface area contributed by atoms with Gasteiger partial charge in [0.25, 0.3) is 0 Å². The maximum Gasteiger partial charge on any atom is 0.357 e. The summed E-state index contributed by atoms with van der Waals surface area (Å²) in [5.74, 6) is -0.344. The summed E-state index contributed by atoms with van der Waals surface area (Å²) in [4.78, 5) is 14.6. The smallest absolute Gasteiger partial charge is 0.357 e. The van der Waals surface area contributed by atoms with E-state index in [1.54, 1.807) is 17.8 Å². The molecule has 62 valence electrons. The lowest BCUT2D eigenvalue weighted by Crippen LogP contribution is -2.04. The first-order valence-corrected chi connectivity index (χ1v) is 3.84. The van der Waals surface area contributed by atoms with Crippen LogP contribution in [0.25, 0.3) is 0 Å². The number of carbonyl (C=O) groups excluding carboxylic acids is 1. The highest BCUT2D eigenvalue weighted by atomic mass is 35.5. The molecule has 0 bridgehead atoms. The number of ether oxygens (including phenoxy) is 1. The summed E-state index contributed by atoms with van der Waals surface area (Å²) in [6, 6.07) is 0. The molecule has 11 heavy (non-hydrogen) atoms. The molecule has 0 saturated carbocycles. The van der Waals surface area contributed by atoms with Crippen molar-refractivity contribution in [2.75, 3.05) is 6.61 Å². The van der Waals surface area contributed by atoms with Crippen LogP contribution in [0.2, 0.25) is 0 Å². The highest BCUT2D eigenvalue weighted by Gasteiger charge is 2.06. The lowest BCUT2D eigenvalue weighted by molar-refractivity contribution is 0.0520. The van der Waals surface area contributed by atoms with Crippen molar-refractivity contribution in [1.29, 1.82) is 0 Å². The van der Waals surface area contributed by atoms with Crippen LogP contribution in [0.15, 0.2) is 10.9 Å². The number of aromatic nitrogens is 1. The summed E-state index contributed by atoms with van der Waals surface area (Å²) in [6.07, 6.45) is 0. The zero-order chi connectivity index (χ0) is 7.40. The molecule has 0 aliphatic heterocycles. The number of esters is 1. The Balaban J connectivity index is 0.000001000. The molecule has 0 unspecified atom stereocenters. The minimum atomic E-state index is -0.344. The second-order valence-electron chi connectivity index (χ2n) is 1.59. The van der Waals surface area contributed by atoms with Crippen molar-refractivity contribution in [2.24, 2.45) is 0 Å². The second-order valence-corrected chi connectivity index (χ2v) is 2.31. The topological polar surface area (TPSA) is 39.2 Å². The minimum Gasteiger partial charge on any atom is -0.461 e. The molecule has 1 aromatic heterocycles.